The Balaban J connectivity index is 1.10. The van der Waals surface area contributed by atoms with Crippen LogP contribution in [0.1, 0.15) is 54.4 Å². The molecule has 2 amide bonds. The molecule has 4 aromatic carbocycles. The predicted octanol–water partition coefficient (Wildman–Crippen LogP) is 6.40. The quantitative estimate of drug-likeness (QED) is 0.0916. The van der Waals surface area contributed by atoms with Gasteiger partial charge in [-0.25, -0.2) is 10.9 Å². The Hall–Kier alpha value is -5.24. The Kier molecular flexibility index (Phi) is 12.5. The third-order valence-corrected chi connectivity index (χ3v) is 6.41. The molecule has 0 heterocycles. The fourth-order valence-electron chi connectivity index (χ4n) is 4.12. The molecule has 8 nitrogen and oxygen atoms in total. The van der Waals surface area contributed by atoms with E-state index in [0.717, 1.165) is 28.7 Å². The Morgan fingerprint density at radius 3 is 1.37 bits per heavy atom. The number of benzene rings is 4. The predicted molar refractivity (Wildman–Crippen MR) is 169 cm³/mol. The van der Waals surface area contributed by atoms with Crippen LogP contribution in [0, 0.1) is 0 Å². The van der Waals surface area contributed by atoms with Gasteiger partial charge >= 0.3 is 0 Å². The molecule has 4 rings (SSSR count). The van der Waals surface area contributed by atoms with Crippen LogP contribution in [0.5, 0.6) is 11.5 Å². The zero-order chi connectivity index (χ0) is 30.0. The lowest BCUT2D eigenvalue weighted by Gasteiger charge is -2.09. The number of ether oxygens (including phenoxy) is 2. The Morgan fingerprint density at radius 2 is 0.930 bits per heavy atom. The summed E-state index contributed by atoms with van der Waals surface area (Å²) in [6, 6.07) is 34.9. The van der Waals surface area contributed by atoms with Crippen LogP contribution < -0.4 is 20.3 Å². The van der Waals surface area contributed by atoms with Crippen molar-refractivity contribution < 1.29 is 19.1 Å². The molecular weight excluding hydrogens is 540 g/mol. The maximum absolute atomic E-state index is 12.2. The first-order valence-corrected chi connectivity index (χ1v) is 14.3. The molecule has 0 aliphatic rings. The number of carbonyl (C=O) groups is 2. The standard InChI is InChI=1S/C35H36N4O4/c40-34(38-36-24-30-18-10-12-20-32(30)42-26-28-14-4-1-5-15-28)22-8-3-9-23-35(41)39-37-25-31-19-11-13-21-33(31)43-27-29-16-6-2-7-17-29/h1-2,4-7,10-21,24-25H,3,8-9,22-23,26-27H2,(H,38,40)(H,39,41)/b36-24-,37-25-. The largest absolute Gasteiger partial charge is 0.488 e. The number of nitrogens with zero attached hydrogens (tertiary/aromatic N) is 2. The van der Waals surface area contributed by atoms with Crippen LogP contribution in [0.15, 0.2) is 119 Å². The van der Waals surface area contributed by atoms with E-state index in [-0.39, 0.29) is 11.8 Å². The second kappa shape index (κ2) is 17.5. The lowest BCUT2D eigenvalue weighted by Crippen LogP contribution is -2.18. The van der Waals surface area contributed by atoms with Gasteiger partial charge in [0.05, 0.1) is 12.4 Å². The van der Waals surface area contributed by atoms with E-state index >= 15 is 0 Å². The number of unbranched alkanes of at least 4 members (excludes halogenated alkanes) is 2. The summed E-state index contributed by atoms with van der Waals surface area (Å²) in [7, 11) is 0. The monoisotopic (exact) mass is 576 g/mol. The number of hydrogen-bond donors (Lipinski definition) is 2. The average molecular weight is 577 g/mol. The molecular formula is C35H36N4O4. The number of hydrogen-bond acceptors (Lipinski definition) is 6. The zero-order valence-electron chi connectivity index (χ0n) is 24.0. The molecule has 0 unspecified atom stereocenters. The summed E-state index contributed by atoms with van der Waals surface area (Å²) in [6.45, 7) is 0.890. The van der Waals surface area contributed by atoms with Gasteiger partial charge in [0.25, 0.3) is 0 Å². The topological polar surface area (TPSA) is 101 Å². The number of carbonyl (C=O) groups excluding carboxylic acids is 2. The van der Waals surface area contributed by atoms with Gasteiger partial charge in [-0.15, -0.1) is 0 Å². The molecule has 0 fully saturated rings. The third-order valence-electron chi connectivity index (χ3n) is 6.41. The van der Waals surface area contributed by atoms with Crippen molar-refractivity contribution in [3.8, 4) is 11.5 Å². The number of nitrogens with one attached hydrogen (secondary N) is 2. The Morgan fingerprint density at radius 1 is 0.535 bits per heavy atom. The number of para-hydroxylation sites is 2. The van der Waals surface area contributed by atoms with Gasteiger partial charge in [0.1, 0.15) is 24.7 Å². The molecule has 0 saturated carbocycles. The normalized spacial score (nSPS) is 11.0. The summed E-state index contributed by atoms with van der Waals surface area (Å²) in [5, 5.41) is 8.17. The molecule has 0 aliphatic carbocycles. The van der Waals surface area contributed by atoms with E-state index in [1.807, 2.05) is 109 Å². The zero-order valence-corrected chi connectivity index (χ0v) is 24.0. The summed E-state index contributed by atoms with van der Waals surface area (Å²) in [5.41, 5.74) is 8.81. The molecule has 0 spiro atoms. The first-order chi connectivity index (χ1) is 21.2. The molecule has 0 atom stereocenters. The lowest BCUT2D eigenvalue weighted by atomic mass is 10.1. The molecule has 4 aromatic rings. The first-order valence-electron chi connectivity index (χ1n) is 14.3. The van der Waals surface area contributed by atoms with Gasteiger partial charge in [0.15, 0.2) is 0 Å². The molecule has 2 N–H and O–H groups in total. The fraction of sp³-hybridized carbons (Fsp3) is 0.200. The lowest BCUT2D eigenvalue weighted by molar-refractivity contribution is -0.121. The minimum atomic E-state index is -0.180. The second-order valence-electron chi connectivity index (χ2n) is 9.77. The molecule has 0 saturated heterocycles. The van der Waals surface area contributed by atoms with Crippen molar-refractivity contribution in [1.82, 2.24) is 10.9 Å². The highest BCUT2D eigenvalue weighted by Crippen LogP contribution is 2.19. The third kappa shape index (κ3) is 11.3. The molecule has 0 bridgehead atoms. The maximum atomic E-state index is 12.2. The highest BCUT2D eigenvalue weighted by Gasteiger charge is 2.05. The van der Waals surface area contributed by atoms with Crippen molar-refractivity contribution in [2.24, 2.45) is 10.2 Å². The van der Waals surface area contributed by atoms with Gasteiger partial charge in [0, 0.05) is 24.0 Å². The summed E-state index contributed by atoms with van der Waals surface area (Å²) >= 11 is 0. The highest BCUT2D eigenvalue weighted by atomic mass is 16.5. The molecule has 43 heavy (non-hydrogen) atoms. The summed E-state index contributed by atoms with van der Waals surface area (Å²) in [5.74, 6) is 1.02. The van der Waals surface area contributed by atoms with Gasteiger partial charge in [-0.2, -0.15) is 10.2 Å². The van der Waals surface area contributed by atoms with E-state index in [4.69, 9.17) is 9.47 Å². The van der Waals surface area contributed by atoms with Crippen molar-refractivity contribution in [1.29, 1.82) is 0 Å². The van der Waals surface area contributed by atoms with Gasteiger partial charge < -0.3 is 9.47 Å². The van der Waals surface area contributed by atoms with Crippen LogP contribution in [-0.2, 0) is 22.8 Å². The number of amides is 2. The SMILES string of the molecule is O=C(CCCCCC(=O)N/N=C\c1ccccc1OCc1ccccc1)N/N=C\c1ccccc1OCc1ccccc1. The molecule has 8 heteroatoms. The summed E-state index contributed by atoms with van der Waals surface area (Å²) in [6.07, 6.45) is 5.85. The average Bonchev–Trinajstić information content (AvgIpc) is 3.04. The van der Waals surface area contributed by atoms with Crippen LogP contribution >= 0.6 is 0 Å². The van der Waals surface area contributed by atoms with E-state index < -0.39 is 0 Å². The molecule has 220 valence electrons. The van der Waals surface area contributed by atoms with E-state index in [0.29, 0.717) is 50.4 Å². The van der Waals surface area contributed by atoms with Crippen LogP contribution in [0.2, 0.25) is 0 Å². The van der Waals surface area contributed by atoms with Crippen molar-refractivity contribution in [3.05, 3.63) is 131 Å². The maximum Gasteiger partial charge on any atom is 0.240 e. The second-order valence-corrected chi connectivity index (χ2v) is 9.77. The minimum absolute atomic E-state index is 0.180. The summed E-state index contributed by atoms with van der Waals surface area (Å²) in [4.78, 5) is 24.4. The van der Waals surface area contributed by atoms with E-state index in [2.05, 4.69) is 21.1 Å². The number of rotatable bonds is 16. The van der Waals surface area contributed by atoms with Crippen LogP contribution in [0.3, 0.4) is 0 Å². The van der Waals surface area contributed by atoms with Crippen molar-refractivity contribution >= 4 is 24.2 Å². The Bertz CT molecular complexity index is 1380. The Labute approximate surface area is 252 Å². The van der Waals surface area contributed by atoms with Gasteiger partial charge in [0.2, 0.25) is 11.8 Å². The fourth-order valence-corrected chi connectivity index (χ4v) is 4.12. The molecule has 0 aliphatic heterocycles. The van der Waals surface area contributed by atoms with E-state index in [1.54, 1.807) is 12.4 Å². The van der Waals surface area contributed by atoms with Gasteiger partial charge in [-0.3, -0.25) is 9.59 Å². The van der Waals surface area contributed by atoms with Crippen molar-refractivity contribution in [2.45, 2.75) is 45.3 Å². The van der Waals surface area contributed by atoms with Gasteiger partial charge in [-0.05, 0) is 48.2 Å². The smallest absolute Gasteiger partial charge is 0.240 e. The van der Waals surface area contributed by atoms with Crippen LogP contribution in [-0.4, -0.2) is 24.2 Å². The van der Waals surface area contributed by atoms with E-state index in [9.17, 15) is 9.59 Å². The van der Waals surface area contributed by atoms with Crippen LogP contribution in [0.25, 0.3) is 0 Å². The first kappa shape index (κ1) is 30.7. The van der Waals surface area contributed by atoms with Crippen LogP contribution in [0.4, 0.5) is 0 Å². The highest BCUT2D eigenvalue weighted by molar-refractivity contribution is 5.86. The van der Waals surface area contributed by atoms with Crippen molar-refractivity contribution in [3.63, 3.8) is 0 Å². The number of hydrazone groups is 2. The van der Waals surface area contributed by atoms with E-state index in [1.165, 1.54) is 0 Å². The van der Waals surface area contributed by atoms with Crippen molar-refractivity contribution in [2.75, 3.05) is 0 Å². The van der Waals surface area contributed by atoms with Gasteiger partial charge in [-0.1, -0.05) is 91.3 Å². The summed E-state index contributed by atoms with van der Waals surface area (Å²) < 4.78 is 11.8. The molecule has 0 aromatic heterocycles. The molecule has 0 radical (unpaired) electrons. The minimum Gasteiger partial charge on any atom is -0.488 e.